The van der Waals surface area contributed by atoms with Crippen molar-refractivity contribution in [2.75, 3.05) is 18.0 Å². The van der Waals surface area contributed by atoms with Crippen LogP contribution in [0.1, 0.15) is 11.1 Å². The second-order valence-electron chi connectivity index (χ2n) is 9.60. The molecule has 1 aliphatic rings. The van der Waals surface area contributed by atoms with Crippen LogP contribution in [-0.2, 0) is 32.7 Å². The van der Waals surface area contributed by atoms with E-state index in [1.54, 1.807) is 48.5 Å². The first kappa shape index (κ1) is 29.6. The molecule has 5 rings (SSSR count). The van der Waals surface area contributed by atoms with Crippen LogP contribution in [0.5, 0.6) is 5.75 Å². The standard InChI is InChI=1S/C31H27Cl2N3O5S/c32-24-14-16-25(17-15-24)42(39,40)35(19-23-10-4-5-11-26(23)33)21-30(37)36-20-29(41-28-13-7-6-12-27(28)36)31(38)34-18-22-8-2-1-3-9-22/h1-17,29H,18-21H2,(H,34,38)/t29-/m0/s1. The lowest BCUT2D eigenvalue weighted by Crippen LogP contribution is -2.52. The normalized spacial score (nSPS) is 14.6. The molecule has 0 aliphatic carbocycles. The van der Waals surface area contributed by atoms with Crippen LogP contribution < -0.4 is 15.0 Å². The summed E-state index contributed by atoms with van der Waals surface area (Å²) in [5.41, 5.74) is 1.89. The van der Waals surface area contributed by atoms with Gasteiger partial charge in [0.1, 0.15) is 5.75 Å². The molecule has 0 unspecified atom stereocenters. The van der Waals surface area contributed by atoms with Crippen molar-refractivity contribution >= 4 is 50.7 Å². The number of carbonyl (C=O) groups is 2. The maximum absolute atomic E-state index is 13.9. The predicted molar refractivity (Wildman–Crippen MR) is 162 cm³/mol. The van der Waals surface area contributed by atoms with E-state index in [-0.39, 0.29) is 18.0 Å². The molecule has 1 heterocycles. The van der Waals surface area contributed by atoms with Gasteiger partial charge in [-0.1, -0.05) is 83.9 Å². The second kappa shape index (κ2) is 13.0. The lowest BCUT2D eigenvalue weighted by Gasteiger charge is -2.35. The van der Waals surface area contributed by atoms with Gasteiger partial charge < -0.3 is 15.0 Å². The smallest absolute Gasteiger partial charge is 0.263 e. The number of ether oxygens (including phenoxy) is 1. The number of para-hydroxylation sites is 2. The van der Waals surface area contributed by atoms with E-state index in [0.29, 0.717) is 33.6 Å². The molecule has 1 atom stereocenters. The Morgan fingerprint density at radius 1 is 0.881 bits per heavy atom. The van der Waals surface area contributed by atoms with E-state index >= 15 is 0 Å². The van der Waals surface area contributed by atoms with E-state index in [9.17, 15) is 18.0 Å². The third kappa shape index (κ3) is 6.77. The van der Waals surface area contributed by atoms with Crippen molar-refractivity contribution in [3.63, 3.8) is 0 Å². The Bertz CT molecular complexity index is 1680. The zero-order valence-electron chi connectivity index (χ0n) is 22.3. The molecule has 11 heteroatoms. The number of carbonyl (C=O) groups excluding carboxylic acids is 2. The fourth-order valence-electron chi connectivity index (χ4n) is 4.54. The number of hydrogen-bond acceptors (Lipinski definition) is 5. The highest BCUT2D eigenvalue weighted by molar-refractivity contribution is 7.89. The highest BCUT2D eigenvalue weighted by Gasteiger charge is 2.36. The maximum atomic E-state index is 13.9. The summed E-state index contributed by atoms with van der Waals surface area (Å²) < 4.78 is 34.6. The van der Waals surface area contributed by atoms with Crippen molar-refractivity contribution in [1.82, 2.24) is 9.62 Å². The van der Waals surface area contributed by atoms with Gasteiger partial charge in [0.15, 0.2) is 6.10 Å². The largest absolute Gasteiger partial charge is 0.477 e. The average molecular weight is 625 g/mol. The van der Waals surface area contributed by atoms with Gasteiger partial charge in [-0.05, 0) is 53.6 Å². The van der Waals surface area contributed by atoms with Crippen LogP contribution >= 0.6 is 23.2 Å². The highest BCUT2D eigenvalue weighted by Crippen LogP contribution is 2.34. The summed E-state index contributed by atoms with van der Waals surface area (Å²) in [4.78, 5) is 28.4. The Hall–Kier alpha value is -3.89. The average Bonchev–Trinajstić information content (AvgIpc) is 3.00. The Morgan fingerprint density at radius 2 is 1.55 bits per heavy atom. The molecule has 0 aromatic heterocycles. The molecule has 1 aliphatic heterocycles. The molecule has 42 heavy (non-hydrogen) atoms. The van der Waals surface area contributed by atoms with Crippen molar-refractivity contribution in [2.45, 2.75) is 24.1 Å². The topological polar surface area (TPSA) is 96.0 Å². The number of sulfonamides is 1. The molecule has 8 nitrogen and oxygen atoms in total. The van der Waals surface area contributed by atoms with Crippen LogP contribution in [0.25, 0.3) is 0 Å². The lowest BCUT2D eigenvalue weighted by atomic mass is 10.1. The molecule has 2 amide bonds. The van der Waals surface area contributed by atoms with Gasteiger partial charge in [0.05, 0.1) is 23.7 Å². The molecule has 1 N–H and O–H groups in total. The Labute approximate surface area is 254 Å². The zero-order chi connectivity index (χ0) is 29.7. The molecular formula is C31H27Cl2N3O5S. The van der Waals surface area contributed by atoms with Gasteiger partial charge in [0.2, 0.25) is 15.9 Å². The first-order valence-electron chi connectivity index (χ1n) is 13.1. The van der Waals surface area contributed by atoms with Gasteiger partial charge in [-0.15, -0.1) is 0 Å². The summed E-state index contributed by atoms with van der Waals surface area (Å²) in [6.07, 6.45) is -1.00. The van der Waals surface area contributed by atoms with Gasteiger partial charge in [-0.25, -0.2) is 8.42 Å². The van der Waals surface area contributed by atoms with Crippen molar-refractivity contribution in [3.8, 4) is 5.75 Å². The number of nitrogens with zero attached hydrogens (tertiary/aromatic N) is 2. The SMILES string of the molecule is O=C(NCc1ccccc1)[C@@H]1CN(C(=O)CN(Cc2ccccc2Cl)S(=O)(=O)c2ccc(Cl)cc2)c2ccccc2O1. The monoisotopic (exact) mass is 623 g/mol. The first-order valence-corrected chi connectivity index (χ1v) is 15.3. The van der Waals surface area contributed by atoms with E-state index in [0.717, 1.165) is 9.87 Å². The summed E-state index contributed by atoms with van der Waals surface area (Å²) in [5.74, 6) is -0.584. The fourth-order valence-corrected chi connectivity index (χ4v) is 6.23. The Morgan fingerprint density at radius 3 is 2.29 bits per heavy atom. The lowest BCUT2D eigenvalue weighted by molar-refractivity contribution is -0.128. The summed E-state index contributed by atoms with van der Waals surface area (Å²) in [6.45, 7) is -0.469. The minimum atomic E-state index is -4.15. The third-order valence-electron chi connectivity index (χ3n) is 6.74. The van der Waals surface area contributed by atoms with Gasteiger partial charge in [-0.3, -0.25) is 9.59 Å². The van der Waals surface area contributed by atoms with Crippen molar-refractivity contribution in [1.29, 1.82) is 0 Å². The molecule has 0 fully saturated rings. The first-order chi connectivity index (χ1) is 20.2. The molecule has 0 spiro atoms. The highest BCUT2D eigenvalue weighted by atomic mass is 35.5. The Kier molecular flexibility index (Phi) is 9.13. The van der Waals surface area contributed by atoms with E-state index in [2.05, 4.69) is 5.32 Å². The molecule has 0 bridgehead atoms. The Balaban J connectivity index is 1.41. The van der Waals surface area contributed by atoms with E-state index in [1.165, 1.54) is 29.2 Å². The van der Waals surface area contributed by atoms with E-state index in [4.69, 9.17) is 27.9 Å². The quantitative estimate of drug-likeness (QED) is 0.273. The van der Waals surface area contributed by atoms with Gasteiger partial charge in [-0.2, -0.15) is 4.31 Å². The van der Waals surface area contributed by atoms with Crippen LogP contribution in [0, 0.1) is 0 Å². The number of amides is 2. The van der Waals surface area contributed by atoms with Crippen molar-refractivity contribution in [2.24, 2.45) is 0 Å². The maximum Gasteiger partial charge on any atom is 0.263 e. The molecule has 4 aromatic rings. The van der Waals surface area contributed by atoms with Crippen LogP contribution in [0.4, 0.5) is 5.69 Å². The predicted octanol–water partition coefficient (Wildman–Crippen LogP) is 5.29. The number of rotatable bonds is 9. The van der Waals surface area contributed by atoms with E-state index in [1.807, 2.05) is 30.3 Å². The molecule has 0 saturated heterocycles. The summed E-state index contributed by atoms with van der Waals surface area (Å²) in [6, 6.07) is 28.8. The van der Waals surface area contributed by atoms with Crippen LogP contribution in [0.15, 0.2) is 108 Å². The van der Waals surface area contributed by atoms with Gasteiger partial charge >= 0.3 is 0 Å². The molecule has 0 saturated carbocycles. The summed E-state index contributed by atoms with van der Waals surface area (Å²) in [7, 11) is -4.15. The van der Waals surface area contributed by atoms with Gasteiger partial charge in [0, 0.05) is 23.1 Å². The second-order valence-corrected chi connectivity index (χ2v) is 12.4. The van der Waals surface area contributed by atoms with Gasteiger partial charge in [0.25, 0.3) is 5.91 Å². The molecule has 0 radical (unpaired) electrons. The minimum Gasteiger partial charge on any atom is -0.477 e. The van der Waals surface area contributed by atoms with Crippen molar-refractivity contribution in [3.05, 3.63) is 124 Å². The summed E-state index contributed by atoms with van der Waals surface area (Å²) >= 11 is 12.4. The van der Waals surface area contributed by atoms with Crippen LogP contribution in [-0.4, -0.2) is 43.7 Å². The number of hydrogen-bond donors (Lipinski definition) is 1. The van der Waals surface area contributed by atoms with Crippen LogP contribution in [0.2, 0.25) is 10.0 Å². The third-order valence-corrected chi connectivity index (χ3v) is 9.17. The number of fused-ring (bicyclic) bond motifs is 1. The van der Waals surface area contributed by atoms with Crippen molar-refractivity contribution < 1.29 is 22.7 Å². The zero-order valence-corrected chi connectivity index (χ0v) is 24.6. The number of benzene rings is 4. The summed E-state index contributed by atoms with van der Waals surface area (Å²) in [5, 5.41) is 3.60. The van der Waals surface area contributed by atoms with E-state index < -0.39 is 34.5 Å². The minimum absolute atomic E-state index is 0.0210. The fraction of sp³-hybridized carbons (Fsp3) is 0.161. The number of anilines is 1. The molecular weight excluding hydrogens is 597 g/mol. The molecule has 4 aromatic carbocycles. The molecule has 216 valence electrons. The number of nitrogens with one attached hydrogen (secondary N) is 1. The van der Waals surface area contributed by atoms with Crippen LogP contribution in [0.3, 0.4) is 0 Å². The number of halogens is 2.